The number of nitrogens with one attached hydrogen (secondary N) is 1. The molecule has 1 aromatic heterocycles. The minimum Gasteiger partial charge on any atom is -0.323 e. The average molecular weight is 259 g/mol. The standard InChI is InChI=1S/C14H17N3O2/c1-3-12-13(15-10-18)14(19)16(4-2)17(12)11-8-6-5-7-9-11/h5-10H,3-4H2,1-2H3,(H,15,18). The zero-order valence-electron chi connectivity index (χ0n) is 11.1. The van der Waals surface area contributed by atoms with Gasteiger partial charge in [-0.1, -0.05) is 25.1 Å². The fourth-order valence-corrected chi connectivity index (χ4v) is 2.27. The minimum absolute atomic E-state index is 0.171. The predicted molar refractivity (Wildman–Crippen MR) is 74.8 cm³/mol. The zero-order valence-corrected chi connectivity index (χ0v) is 11.1. The van der Waals surface area contributed by atoms with Crippen LogP contribution < -0.4 is 10.9 Å². The van der Waals surface area contributed by atoms with Crippen molar-refractivity contribution in [2.75, 3.05) is 5.32 Å². The maximum absolute atomic E-state index is 12.3. The van der Waals surface area contributed by atoms with Gasteiger partial charge in [0.15, 0.2) is 0 Å². The first-order chi connectivity index (χ1) is 9.24. The van der Waals surface area contributed by atoms with Crippen molar-refractivity contribution in [3.63, 3.8) is 0 Å². The van der Waals surface area contributed by atoms with Gasteiger partial charge in [-0.25, -0.2) is 4.68 Å². The van der Waals surface area contributed by atoms with Crippen molar-refractivity contribution >= 4 is 12.1 Å². The molecule has 1 amide bonds. The third-order valence-corrected chi connectivity index (χ3v) is 3.07. The molecule has 0 saturated carbocycles. The number of carbonyl (C=O) groups excluding carboxylic acids is 1. The Morgan fingerprint density at radius 3 is 2.42 bits per heavy atom. The van der Waals surface area contributed by atoms with Crippen LogP contribution in [-0.4, -0.2) is 15.8 Å². The molecule has 100 valence electrons. The summed E-state index contributed by atoms with van der Waals surface area (Å²) in [6.07, 6.45) is 1.21. The number of benzene rings is 1. The first-order valence-corrected chi connectivity index (χ1v) is 6.34. The SMILES string of the molecule is CCc1c(NC=O)c(=O)n(CC)n1-c1ccccc1. The molecular formula is C14H17N3O2. The molecule has 1 heterocycles. The Morgan fingerprint density at radius 1 is 1.21 bits per heavy atom. The van der Waals surface area contributed by atoms with Gasteiger partial charge in [0.2, 0.25) is 6.41 Å². The van der Waals surface area contributed by atoms with Gasteiger partial charge in [-0.2, -0.15) is 0 Å². The summed E-state index contributed by atoms with van der Waals surface area (Å²) in [6.45, 7) is 4.41. The Bertz CT molecular complexity index is 626. The van der Waals surface area contributed by atoms with Crippen LogP contribution in [-0.2, 0) is 17.8 Å². The van der Waals surface area contributed by atoms with Gasteiger partial charge in [0.05, 0.1) is 11.4 Å². The fourth-order valence-electron chi connectivity index (χ4n) is 2.27. The molecule has 0 aliphatic rings. The van der Waals surface area contributed by atoms with Gasteiger partial charge in [0, 0.05) is 6.54 Å². The number of hydrogen-bond donors (Lipinski definition) is 1. The summed E-state index contributed by atoms with van der Waals surface area (Å²) in [5.74, 6) is 0. The lowest BCUT2D eigenvalue weighted by Crippen LogP contribution is -2.22. The lowest BCUT2D eigenvalue weighted by Gasteiger charge is -2.12. The monoisotopic (exact) mass is 259 g/mol. The summed E-state index contributed by atoms with van der Waals surface area (Å²) in [5, 5.41) is 2.53. The first kappa shape index (κ1) is 13.1. The lowest BCUT2D eigenvalue weighted by molar-refractivity contribution is -0.105. The smallest absolute Gasteiger partial charge is 0.291 e. The van der Waals surface area contributed by atoms with Crippen LogP contribution in [0, 0.1) is 0 Å². The van der Waals surface area contributed by atoms with E-state index in [4.69, 9.17) is 0 Å². The number of carbonyl (C=O) groups is 1. The van der Waals surface area contributed by atoms with Crippen LogP contribution in [0.15, 0.2) is 35.1 Å². The van der Waals surface area contributed by atoms with E-state index in [1.165, 1.54) is 0 Å². The molecule has 0 radical (unpaired) electrons. The molecule has 0 spiro atoms. The maximum atomic E-state index is 12.3. The summed E-state index contributed by atoms with van der Waals surface area (Å²) in [5.41, 5.74) is 1.92. The number of anilines is 1. The molecule has 0 atom stereocenters. The van der Waals surface area contributed by atoms with Crippen LogP contribution in [0.5, 0.6) is 0 Å². The largest absolute Gasteiger partial charge is 0.323 e. The topological polar surface area (TPSA) is 56.0 Å². The summed E-state index contributed by atoms with van der Waals surface area (Å²) in [4.78, 5) is 23.0. The van der Waals surface area contributed by atoms with Crippen LogP contribution in [0.3, 0.4) is 0 Å². The van der Waals surface area contributed by atoms with Crippen molar-refractivity contribution in [2.24, 2.45) is 0 Å². The predicted octanol–water partition coefficient (Wildman–Crippen LogP) is 1.79. The summed E-state index contributed by atoms with van der Waals surface area (Å²) in [7, 11) is 0. The molecule has 0 fully saturated rings. The highest BCUT2D eigenvalue weighted by Gasteiger charge is 2.18. The van der Waals surface area contributed by atoms with Gasteiger partial charge >= 0.3 is 0 Å². The number of para-hydroxylation sites is 1. The zero-order chi connectivity index (χ0) is 13.8. The summed E-state index contributed by atoms with van der Waals surface area (Å²) >= 11 is 0. The van der Waals surface area contributed by atoms with Crippen LogP contribution >= 0.6 is 0 Å². The Balaban J connectivity index is 2.75. The van der Waals surface area contributed by atoms with Crippen LogP contribution in [0.4, 0.5) is 5.69 Å². The molecule has 0 saturated heterocycles. The first-order valence-electron chi connectivity index (χ1n) is 6.34. The number of amides is 1. The van der Waals surface area contributed by atoms with E-state index in [1.807, 2.05) is 48.9 Å². The Labute approximate surface area is 111 Å². The highest BCUT2D eigenvalue weighted by atomic mass is 16.1. The van der Waals surface area contributed by atoms with Crippen LogP contribution in [0.2, 0.25) is 0 Å². The molecule has 2 rings (SSSR count). The molecule has 5 nitrogen and oxygen atoms in total. The van der Waals surface area contributed by atoms with Gasteiger partial charge in [-0.05, 0) is 25.5 Å². The van der Waals surface area contributed by atoms with E-state index in [9.17, 15) is 9.59 Å². The fraction of sp³-hybridized carbons (Fsp3) is 0.286. The second-order valence-electron chi connectivity index (χ2n) is 4.11. The molecule has 1 aromatic carbocycles. The molecule has 0 aliphatic heterocycles. The second kappa shape index (κ2) is 5.56. The normalized spacial score (nSPS) is 10.4. The maximum Gasteiger partial charge on any atom is 0.291 e. The van der Waals surface area contributed by atoms with Crippen molar-refractivity contribution in [3.8, 4) is 5.69 Å². The van der Waals surface area contributed by atoms with E-state index >= 15 is 0 Å². The lowest BCUT2D eigenvalue weighted by atomic mass is 10.2. The van der Waals surface area contributed by atoms with Crippen molar-refractivity contribution < 1.29 is 4.79 Å². The summed E-state index contributed by atoms with van der Waals surface area (Å²) in [6, 6.07) is 9.65. The number of aromatic nitrogens is 2. The molecule has 0 bridgehead atoms. The third-order valence-electron chi connectivity index (χ3n) is 3.07. The number of hydrogen-bond acceptors (Lipinski definition) is 2. The Hall–Kier alpha value is -2.30. The van der Waals surface area contributed by atoms with Gasteiger partial charge in [0.1, 0.15) is 5.69 Å². The Kier molecular flexibility index (Phi) is 3.85. The highest BCUT2D eigenvalue weighted by Crippen LogP contribution is 2.18. The van der Waals surface area contributed by atoms with Crippen molar-refractivity contribution in [2.45, 2.75) is 26.8 Å². The molecule has 0 unspecified atom stereocenters. The molecule has 19 heavy (non-hydrogen) atoms. The quantitative estimate of drug-likeness (QED) is 0.832. The molecule has 0 aliphatic carbocycles. The molecule has 2 aromatic rings. The van der Waals surface area contributed by atoms with Gasteiger partial charge in [0.25, 0.3) is 5.56 Å². The van der Waals surface area contributed by atoms with E-state index in [2.05, 4.69) is 5.32 Å². The number of rotatable bonds is 5. The van der Waals surface area contributed by atoms with Crippen molar-refractivity contribution in [3.05, 3.63) is 46.4 Å². The van der Waals surface area contributed by atoms with Crippen LogP contribution in [0.1, 0.15) is 19.5 Å². The van der Waals surface area contributed by atoms with Crippen molar-refractivity contribution in [1.82, 2.24) is 9.36 Å². The van der Waals surface area contributed by atoms with Crippen LogP contribution in [0.25, 0.3) is 5.69 Å². The van der Waals surface area contributed by atoms with E-state index in [-0.39, 0.29) is 5.56 Å². The van der Waals surface area contributed by atoms with Gasteiger partial charge in [-0.15, -0.1) is 0 Å². The average Bonchev–Trinajstić information content (AvgIpc) is 2.72. The van der Waals surface area contributed by atoms with Gasteiger partial charge in [-0.3, -0.25) is 14.3 Å². The molecular weight excluding hydrogens is 242 g/mol. The van der Waals surface area contributed by atoms with E-state index < -0.39 is 0 Å². The minimum atomic E-state index is -0.171. The number of nitrogens with zero attached hydrogens (tertiary/aromatic N) is 2. The highest BCUT2D eigenvalue weighted by molar-refractivity contribution is 5.72. The third kappa shape index (κ3) is 2.19. The Morgan fingerprint density at radius 2 is 1.89 bits per heavy atom. The summed E-state index contributed by atoms with van der Waals surface area (Å²) < 4.78 is 3.49. The van der Waals surface area contributed by atoms with Gasteiger partial charge < -0.3 is 5.32 Å². The molecule has 1 N–H and O–H groups in total. The van der Waals surface area contributed by atoms with E-state index in [1.54, 1.807) is 4.68 Å². The van der Waals surface area contributed by atoms with E-state index in [0.717, 1.165) is 11.4 Å². The van der Waals surface area contributed by atoms with E-state index in [0.29, 0.717) is 25.1 Å². The molecule has 5 heteroatoms. The second-order valence-corrected chi connectivity index (χ2v) is 4.11. The van der Waals surface area contributed by atoms with Crippen molar-refractivity contribution in [1.29, 1.82) is 0 Å².